The molecule has 0 aliphatic carbocycles. The Morgan fingerprint density at radius 3 is 2.35 bits per heavy atom. The largest absolute Gasteiger partial charge is 0.497 e. The van der Waals surface area contributed by atoms with Gasteiger partial charge in [-0.2, -0.15) is 0 Å². The van der Waals surface area contributed by atoms with Gasteiger partial charge in [0.2, 0.25) is 5.91 Å². The van der Waals surface area contributed by atoms with E-state index < -0.39 is 0 Å². The van der Waals surface area contributed by atoms with Gasteiger partial charge in [-0.05, 0) is 50.1 Å². The molecule has 0 aliphatic rings. The molecule has 1 atom stereocenters. The molecule has 2 aromatic rings. The van der Waals surface area contributed by atoms with Crippen LogP contribution in [0.1, 0.15) is 45.2 Å². The lowest BCUT2D eigenvalue weighted by Crippen LogP contribution is -2.43. The number of carbonyl (C=O) groups is 1. The number of aromatic nitrogens is 1. The van der Waals surface area contributed by atoms with Crippen molar-refractivity contribution in [3.8, 4) is 5.75 Å². The van der Waals surface area contributed by atoms with E-state index >= 15 is 0 Å². The Morgan fingerprint density at radius 1 is 1.22 bits per heavy atom. The third-order valence-corrected chi connectivity index (χ3v) is 4.23. The predicted molar refractivity (Wildman–Crippen MR) is 92.7 cm³/mol. The molecule has 0 saturated carbocycles. The molecule has 0 unspecified atom stereocenters. The normalized spacial score (nSPS) is 12.7. The van der Waals surface area contributed by atoms with E-state index in [2.05, 4.69) is 16.8 Å². The molecular formula is C19H26N2O2. The van der Waals surface area contributed by atoms with Crippen molar-refractivity contribution in [2.75, 3.05) is 7.11 Å². The maximum atomic E-state index is 12.5. The van der Waals surface area contributed by atoms with E-state index in [0.717, 1.165) is 17.7 Å². The van der Waals surface area contributed by atoms with Crippen LogP contribution in [0.2, 0.25) is 0 Å². The van der Waals surface area contributed by atoms with E-state index in [9.17, 15) is 4.79 Å². The average molecular weight is 314 g/mol. The first-order valence-corrected chi connectivity index (χ1v) is 8.02. The molecule has 1 aromatic carbocycles. The van der Waals surface area contributed by atoms with Gasteiger partial charge in [0.15, 0.2) is 0 Å². The van der Waals surface area contributed by atoms with Crippen molar-refractivity contribution < 1.29 is 9.53 Å². The molecule has 2 rings (SSSR count). The van der Waals surface area contributed by atoms with E-state index in [1.165, 1.54) is 0 Å². The van der Waals surface area contributed by atoms with Crippen molar-refractivity contribution >= 4 is 5.91 Å². The quantitative estimate of drug-likeness (QED) is 0.845. The van der Waals surface area contributed by atoms with Crippen LogP contribution in [0.15, 0.2) is 48.8 Å². The molecule has 124 valence electrons. The van der Waals surface area contributed by atoms with Gasteiger partial charge < -0.3 is 14.6 Å². The molecule has 1 N–H and O–H groups in total. The molecule has 0 aliphatic heterocycles. The number of hydrogen-bond donors (Lipinski definition) is 1. The van der Waals surface area contributed by atoms with Gasteiger partial charge >= 0.3 is 0 Å². The number of nitrogens with one attached hydrogen (secondary N) is 1. The number of amides is 1. The predicted octanol–water partition coefficient (Wildman–Crippen LogP) is 3.78. The fraction of sp³-hybridized carbons (Fsp3) is 0.421. The number of benzene rings is 1. The molecule has 0 bridgehead atoms. The highest BCUT2D eigenvalue weighted by molar-refractivity contribution is 5.77. The van der Waals surface area contributed by atoms with Crippen LogP contribution in [0.3, 0.4) is 0 Å². The lowest BCUT2D eigenvalue weighted by Gasteiger charge is -2.26. The van der Waals surface area contributed by atoms with Gasteiger partial charge in [0.05, 0.1) is 19.6 Å². The first-order chi connectivity index (χ1) is 10.9. The molecule has 4 heteroatoms. The molecule has 4 nitrogen and oxygen atoms in total. The Labute approximate surface area is 138 Å². The summed E-state index contributed by atoms with van der Waals surface area (Å²) in [7, 11) is 1.65. The van der Waals surface area contributed by atoms with E-state index in [1.54, 1.807) is 7.11 Å². The third-order valence-electron chi connectivity index (χ3n) is 4.23. The molecule has 0 saturated heterocycles. The molecule has 0 fully saturated rings. The summed E-state index contributed by atoms with van der Waals surface area (Å²) in [6, 6.07) is 11.8. The fourth-order valence-electron chi connectivity index (χ4n) is 2.47. The van der Waals surface area contributed by atoms with Crippen molar-refractivity contribution in [2.45, 2.75) is 45.2 Å². The second-order valence-corrected chi connectivity index (χ2v) is 6.41. The van der Waals surface area contributed by atoms with Gasteiger partial charge in [-0.15, -0.1) is 0 Å². The van der Waals surface area contributed by atoms with E-state index in [0.29, 0.717) is 6.42 Å². The lowest BCUT2D eigenvalue weighted by molar-refractivity contribution is -0.123. The monoisotopic (exact) mass is 314 g/mol. The van der Waals surface area contributed by atoms with Crippen LogP contribution in [-0.4, -0.2) is 23.1 Å². The maximum Gasteiger partial charge on any atom is 0.222 e. The van der Waals surface area contributed by atoms with Crippen molar-refractivity contribution in [3.05, 3.63) is 54.4 Å². The summed E-state index contributed by atoms with van der Waals surface area (Å²) < 4.78 is 7.28. The zero-order chi connectivity index (χ0) is 16.9. The van der Waals surface area contributed by atoms with Crippen LogP contribution in [0.4, 0.5) is 0 Å². The Hall–Kier alpha value is -2.23. The standard InChI is InChI=1S/C19H26N2O2/c1-5-19(2,3)20-18(22)14-17(21-12-6-7-13-21)15-8-10-16(23-4)11-9-15/h6-13,17H,5,14H2,1-4H3,(H,20,22)/t17-/m1/s1. The first-order valence-electron chi connectivity index (χ1n) is 8.02. The maximum absolute atomic E-state index is 12.5. The second kappa shape index (κ2) is 7.36. The molecule has 0 spiro atoms. The summed E-state index contributed by atoms with van der Waals surface area (Å²) in [5, 5.41) is 3.11. The summed E-state index contributed by atoms with van der Waals surface area (Å²) in [4.78, 5) is 12.5. The minimum absolute atomic E-state index is 0.0245. The summed E-state index contributed by atoms with van der Waals surface area (Å²) >= 11 is 0. The molecule has 1 aromatic heterocycles. The zero-order valence-corrected chi connectivity index (χ0v) is 14.4. The van der Waals surface area contributed by atoms with Gasteiger partial charge in [-0.3, -0.25) is 4.79 Å². The molecule has 23 heavy (non-hydrogen) atoms. The molecule has 1 heterocycles. The van der Waals surface area contributed by atoms with Gasteiger partial charge in [0.25, 0.3) is 0 Å². The number of carbonyl (C=O) groups excluding carboxylic acids is 1. The van der Waals surface area contributed by atoms with Gasteiger partial charge in [-0.25, -0.2) is 0 Å². The number of nitrogens with zero attached hydrogens (tertiary/aromatic N) is 1. The SMILES string of the molecule is CCC(C)(C)NC(=O)C[C@H](c1ccc(OC)cc1)n1cccc1. The Balaban J connectivity index is 2.20. The van der Waals surface area contributed by atoms with Crippen LogP contribution in [-0.2, 0) is 4.79 Å². The van der Waals surface area contributed by atoms with E-state index in [4.69, 9.17) is 4.74 Å². The van der Waals surface area contributed by atoms with Crippen LogP contribution in [0.5, 0.6) is 5.75 Å². The number of ether oxygens (including phenoxy) is 1. The lowest BCUT2D eigenvalue weighted by atomic mass is 9.99. The summed E-state index contributed by atoms with van der Waals surface area (Å²) in [6.07, 6.45) is 5.29. The number of rotatable bonds is 7. The minimum atomic E-state index is -0.182. The number of hydrogen-bond acceptors (Lipinski definition) is 2. The summed E-state index contributed by atoms with van der Waals surface area (Å²) in [5.74, 6) is 0.878. The van der Waals surface area contributed by atoms with Crippen LogP contribution in [0.25, 0.3) is 0 Å². The summed E-state index contributed by atoms with van der Waals surface area (Å²) in [5.41, 5.74) is 0.907. The fourth-order valence-corrected chi connectivity index (χ4v) is 2.47. The van der Waals surface area contributed by atoms with Gasteiger partial charge in [0.1, 0.15) is 5.75 Å². The second-order valence-electron chi connectivity index (χ2n) is 6.41. The topological polar surface area (TPSA) is 43.3 Å². The van der Waals surface area contributed by atoms with Gasteiger partial charge in [0, 0.05) is 17.9 Å². The average Bonchev–Trinajstić information content (AvgIpc) is 3.06. The number of methoxy groups -OCH3 is 1. The Morgan fingerprint density at radius 2 is 1.83 bits per heavy atom. The minimum Gasteiger partial charge on any atom is -0.497 e. The van der Waals surface area contributed by atoms with E-state index in [-0.39, 0.29) is 17.5 Å². The zero-order valence-electron chi connectivity index (χ0n) is 14.4. The molecule has 0 radical (unpaired) electrons. The van der Waals surface area contributed by atoms with Crippen molar-refractivity contribution in [3.63, 3.8) is 0 Å². The van der Waals surface area contributed by atoms with Crippen LogP contribution < -0.4 is 10.1 Å². The van der Waals surface area contributed by atoms with Crippen molar-refractivity contribution in [2.24, 2.45) is 0 Å². The summed E-state index contributed by atoms with van der Waals surface area (Å²) in [6.45, 7) is 6.17. The highest BCUT2D eigenvalue weighted by Crippen LogP contribution is 2.25. The smallest absolute Gasteiger partial charge is 0.222 e. The third kappa shape index (κ3) is 4.62. The van der Waals surface area contributed by atoms with Crippen molar-refractivity contribution in [1.82, 2.24) is 9.88 Å². The van der Waals surface area contributed by atoms with Crippen LogP contribution >= 0.6 is 0 Å². The molecular weight excluding hydrogens is 288 g/mol. The van der Waals surface area contributed by atoms with Crippen LogP contribution in [0, 0.1) is 0 Å². The first kappa shape index (κ1) is 17.1. The highest BCUT2D eigenvalue weighted by atomic mass is 16.5. The Bertz CT molecular complexity index is 615. The highest BCUT2D eigenvalue weighted by Gasteiger charge is 2.22. The Kier molecular flexibility index (Phi) is 5.48. The van der Waals surface area contributed by atoms with Gasteiger partial charge in [-0.1, -0.05) is 19.1 Å². The molecule has 1 amide bonds. The van der Waals surface area contributed by atoms with E-state index in [1.807, 2.05) is 62.6 Å². The van der Waals surface area contributed by atoms with Crippen molar-refractivity contribution in [1.29, 1.82) is 0 Å².